The number of ether oxygens (including phenoxy) is 23. The molecule has 0 bridgehead atoms. The third-order valence-electron chi connectivity index (χ3n) is 27.9. The minimum absolute atomic E-state index is 0.0752. The molecule has 1 aliphatic carbocycles. The van der Waals surface area contributed by atoms with Crippen LogP contribution in [0.4, 0.5) is 0 Å². The Morgan fingerprint density at radius 3 is 0.893 bits per heavy atom. The van der Waals surface area contributed by atoms with Gasteiger partial charge in [0.1, 0.15) is 0 Å². The lowest BCUT2D eigenvalue weighted by atomic mass is 9.65. The Morgan fingerprint density at radius 2 is 0.571 bits per heavy atom. The van der Waals surface area contributed by atoms with Gasteiger partial charge in [-0.1, -0.05) is 55.1 Å². The number of rotatable bonds is 26. The highest BCUT2D eigenvalue weighted by molar-refractivity contribution is 5.88. The SMILES string of the molecule is C=C1c2cc3c(cc2[C@@H](c2cc(C)c(OC)c(OC)c2)C2C(=O)OC[C@H]12)OCO3.C=C[C@H]1COC(=O)C1C(O)c1cc(C)c(OC)c(OC)c1.C=C[C@H]1COC(=O)C1C(c1cc(C)c(OC)c(OC)c1)c1cc2c(cc1C)OCO2.C=C[C@H]1COC(=O)C1C(c1cc(C)c(OC)c(OC)c1)c1cc2c(cc1C)OCO2.C=C[C@H]1COC(=O)C1[C@@H](c1cc(C)c(OC)c(OC)c1)c1cc2c(cc1C)OCO2. The molecule has 9 aliphatic heterocycles. The van der Waals surface area contributed by atoms with Crippen molar-refractivity contribution in [3.8, 4) is 103 Å². The highest BCUT2D eigenvalue weighted by Gasteiger charge is 2.52. The fourth-order valence-electron chi connectivity index (χ4n) is 21.0. The van der Waals surface area contributed by atoms with Crippen molar-refractivity contribution in [3.63, 3.8) is 0 Å². The van der Waals surface area contributed by atoms with Crippen LogP contribution in [0.2, 0.25) is 0 Å². The number of esters is 5. The second kappa shape index (κ2) is 42.8. The van der Waals surface area contributed by atoms with Gasteiger partial charge < -0.3 is 114 Å². The van der Waals surface area contributed by atoms with Crippen molar-refractivity contribution in [2.24, 2.45) is 59.2 Å². The fraction of sp³-hybridized carbons (Fsp3) is 0.378. The summed E-state index contributed by atoms with van der Waals surface area (Å²) in [5.74, 6) is 6.90. The van der Waals surface area contributed by atoms with E-state index >= 15 is 0 Å². The normalized spacial score (nSPS) is 21.6. The summed E-state index contributed by atoms with van der Waals surface area (Å²) in [6, 6.07) is 35.2. The number of carbonyl (C=O) groups excluding carboxylic acids is 5. The Balaban J connectivity index is 0.000000133. The predicted octanol–water partition coefficient (Wildman–Crippen LogP) is 18.2. The maximum absolute atomic E-state index is 12.9. The van der Waals surface area contributed by atoms with E-state index in [1.165, 1.54) is 7.11 Å². The van der Waals surface area contributed by atoms with Gasteiger partial charge in [-0.3, -0.25) is 24.0 Å². The van der Waals surface area contributed by atoms with E-state index in [-0.39, 0.29) is 117 Å². The van der Waals surface area contributed by atoms with Crippen LogP contribution in [0.1, 0.15) is 130 Å². The zero-order valence-corrected chi connectivity index (χ0v) is 82.1. The van der Waals surface area contributed by atoms with Crippen molar-refractivity contribution < 1.29 is 138 Å². The number of hydrogen-bond acceptors (Lipinski definition) is 29. The second-order valence-electron chi connectivity index (χ2n) is 35.7. The number of aliphatic hydroxyl groups excluding tert-OH is 1. The molecule has 1 N–H and O–H groups in total. The Kier molecular flexibility index (Phi) is 30.5. The lowest BCUT2D eigenvalue weighted by Gasteiger charge is -2.35. The molecule has 140 heavy (non-hydrogen) atoms. The van der Waals surface area contributed by atoms with Crippen LogP contribution >= 0.6 is 0 Å². The molecule has 19 rings (SSSR count). The van der Waals surface area contributed by atoms with Crippen molar-refractivity contribution in [1.82, 2.24) is 0 Å². The molecule has 10 aliphatic rings. The lowest BCUT2D eigenvalue weighted by Crippen LogP contribution is -2.30. The number of cyclic esters (lactones) is 5. The van der Waals surface area contributed by atoms with Crippen LogP contribution in [-0.4, -0.2) is 166 Å². The van der Waals surface area contributed by atoms with Gasteiger partial charge in [0.15, 0.2) is 103 Å². The third-order valence-corrected chi connectivity index (χ3v) is 27.9. The summed E-state index contributed by atoms with van der Waals surface area (Å²) in [4.78, 5) is 63.2. The molecule has 29 nitrogen and oxygen atoms in total. The standard InChI is InChI=1S/3C24H26O6.C23H22O6.C16H20O5/c3*1-6-15-11-28-24(25)22(15)21(16-7-14(3)23(27-5)20(9-16)26-4)17-10-19-18(8-13(17)2)29-12-30-19;1-11-5-13(6-19(25-3)22(11)26-4)20-15-8-18-17(28-10-29-18)7-14(15)12(2)16-9-27-23(24)21(16)20;1-5-10-8-21-16(18)13(10)14(17)11-6-9(2)15(20-4)12(7-11)19-3/h3*6-10,15,21-22H,1,11-12H2,2-5H3;5-8,16,20-21H,2,9-10H2,1,3-4H3;5-7,10,13-14,17H,1,8H2,2-4H3/t2*15-,21?,22?;15-,21-,22?;16-,20-,21?;10-,13?,14?/m00010/s1. The van der Waals surface area contributed by atoms with Crippen LogP contribution in [0.5, 0.6) is 103 Å². The summed E-state index contributed by atoms with van der Waals surface area (Å²) in [7, 11) is 16.0. The molecule has 29 heteroatoms. The Labute approximate surface area is 814 Å². The van der Waals surface area contributed by atoms with Crippen LogP contribution < -0.4 is 85.3 Å². The van der Waals surface area contributed by atoms with E-state index < -0.39 is 35.7 Å². The van der Waals surface area contributed by atoms with Crippen molar-refractivity contribution in [3.05, 3.63) is 267 Å². The Bertz CT molecular complexity index is 5920. The Hall–Kier alpha value is -14.6. The van der Waals surface area contributed by atoms with Crippen LogP contribution in [-0.2, 0) is 47.7 Å². The van der Waals surface area contributed by atoms with E-state index in [0.717, 1.165) is 100 Å². The van der Waals surface area contributed by atoms with Gasteiger partial charge >= 0.3 is 29.8 Å². The molecule has 9 aromatic rings. The van der Waals surface area contributed by atoms with Gasteiger partial charge in [0.2, 0.25) is 27.2 Å². The van der Waals surface area contributed by atoms with Gasteiger partial charge in [-0.05, 0) is 246 Å². The average molecular weight is 1920 g/mol. The molecular weight excluding hydrogens is 1800 g/mol. The lowest BCUT2D eigenvalue weighted by molar-refractivity contribution is -0.144. The summed E-state index contributed by atoms with van der Waals surface area (Å²) >= 11 is 0. The summed E-state index contributed by atoms with van der Waals surface area (Å²) in [5, 5.41) is 10.6. The average Bonchev–Trinajstić information content (AvgIpc) is 1.49. The summed E-state index contributed by atoms with van der Waals surface area (Å²) in [6.45, 7) is 37.9. The fourth-order valence-corrected chi connectivity index (χ4v) is 21.0. The molecule has 8 unspecified atom stereocenters. The summed E-state index contributed by atoms with van der Waals surface area (Å²) < 4.78 is 126. The third kappa shape index (κ3) is 19.2. The number of hydrogen-bond donors (Lipinski definition) is 1. The molecule has 9 aromatic carbocycles. The van der Waals surface area contributed by atoms with Crippen LogP contribution in [0, 0.1) is 115 Å². The van der Waals surface area contributed by atoms with Gasteiger partial charge in [-0.15, -0.1) is 26.3 Å². The minimum atomic E-state index is -0.971. The molecule has 5 fully saturated rings. The van der Waals surface area contributed by atoms with Crippen molar-refractivity contribution in [2.75, 3.05) is 131 Å². The maximum atomic E-state index is 12.9. The van der Waals surface area contributed by atoms with E-state index in [4.69, 9.17) is 109 Å². The van der Waals surface area contributed by atoms with Crippen LogP contribution in [0.15, 0.2) is 166 Å². The highest BCUT2D eigenvalue weighted by Crippen LogP contribution is 2.58. The minimum Gasteiger partial charge on any atom is -0.493 e. The van der Waals surface area contributed by atoms with Gasteiger partial charge in [-0.2, -0.15) is 0 Å². The van der Waals surface area contributed by atoms with Crippen LogP contribution in [0.25, 0.3) is 5.57 Å². The van der Waals surface area contributed by atoms with E-state index in [0.29, 0.717) is 135 Å². The molecular formula is C111H120O29. The molecule has 0 spiro atoms. The van der Waals surface area contributed by atoms with Gasteiger partial charge in [0.05, 0.1) is 140 Å². The quantitative estimate of drug-likeness (QED) is 0.0299. The number of aryl methyl sites for hydroxylation is 8. The Morgan fingerprint density at radius 1 is 0.300 bits per heavy atom. The molecule has 0 amide bonds. The zero-order valence-electron chi connectivity index (χ0n) is 82.1. The predicted molar refractivity (Wildman–Crippen MR) is 518 cm³/mol. The first kappa shape index (κ1) is 99.9. The number of benzene rings is 9. The molecule has 0 saturated carbocycles. The van der Waals surface area contributed by atoms with E-state index in [1.807, 2.05) is 146 Å². The largest absolute Gasteiger partial charge is 0.493 e. The highest BCUT2D eigenvalue weighted by atomic mass is 16.7. The molecule has 738 valence electrons. The molecule has 0 radical (unpaired) electrons. The number of aliphatic hydroxyl groups is 1. The topological polar surface area (TPSA) is 318 Å². The van der Waals surface area contributed by atoms with E-state index in [2.05, 4.69) is 39.0 Å². The molecule has 0 aromatic heterocycles. The van der Waals surface area contributed by atoms with Crippen molar-refractivity contribution >= 4 is 35.4 Å². The van der Waals surface area contributed by atoms with E-state index in [9.17, 15) is 29.1 Å². The monoisotopic (exact) mass is 1920 g/mol. The van der Waals surface area contributed by atoms with Gasteiger partial charge in [0, 0.05) is 53.3 Å². The summed E-state index contributed by atoms with van der Waals surface area (Å²) in [6.07, 6.45) is 6.09. The maximum Gasteiger partial charge on any atom is 0.312 e. The van der Waals surface area contributed by atoms with Crippen molar-refractivity contribution in [2.45, 2.75) is 85.2 Å². The summed E-state index contributed by atoms with van der Waals surface area (Å²) in [5.41, 5.74) is 17.9. The second-order valence-corrected chi connectivity index (χ2v) is 35.7. The first-order valence-electron chi connectivity index (χ1n) is 46.0. The number of carbonyl (C=O) groups is 5. The first-order chi connectivity index (χ1) is 67.5. The molecule has 9 heterocycles. The van der Waals surface area contributed by atoms with Crippen LogP contribution in [0.3, 0.4) is 0 Å². The number of methoxy groups -OCH3 is 10. The van der Waals surface area contributed by atoms with Gasteiger partial charge in [-0.25, -0.2) is 0 Å². The number of fused-ring (bicyclic) bond motifs is 6. The molecule has 15 atom stereocenters. The smallest absolute Gasteiger partial charge is 0.312 e. The zero-order chi connectivity index (χ0) is 100. The van der Waals surface area contributed by atoms with E-state index in [1.54, 1.807) is 100 Å². The van der Waals surface area contributed by atoms with Gasteiger partial charge in [0.25, 0.3) is 0 Å². The van der Waals surface area contributed by atoms with Crippen molar-refractivity contribution in [1.29, 1.82) is 0 Å². The first-order valence-corrected chi connectivity index (χ1v) is 46.0. The molecule has 5 saturated heterocycles.